The molecule has 2 heterocycles. The highest BCUT2D eigenvalue weighted by Crippen LogP contribution is 2.37. The van der Waals surface area contributed by atoms with Crippen molar-refractivity contribution in [1.29, 1.82) is 0 Å². The van der Waals surface area contributed by atoms with Crippen LogP contribution in [-0.2, 0) is 0 Å². The molecule has 25 heavy (non-hydrogen) atoms. The number of thiophene rings is 1. The van der Waals surface area contributed by atoms with Crippen LogP contribution in [0.2, 0.25) is 0 Å². The molecular formula is C16H13F4N3OS. The predicted molar refractivity (Wildman–Crippen MR) is 88.2 cm³/mol. The fourth-order valence-electron chi connectivity index (χ4n) is 2.25. The summed E-state index contributed by atoms with van der Waals surface area (Å²) in [6, 6.07) is 5.61. The van der Waals surface area contributed by atoms with E-state index < -0.39 is 18.3 Å². The summed E-state index contributed by atoms with van der Waals surface area (Å²) in [5.41, 5.74) is 1.06. The number of alkyl halides is 4. The molecule has 0 amide bonds. The minimum Gasteiger partial charge on any atom is -0.426 e. The van der Waals surface area contributed by atoms with Crippen LogP contribution >= 0.6 is 11.3 Å². The molecule has 0 fully saturated rings. The zero-order valence-corrected chi connectivity index (χ0v) is 14.0. The average Bonchev–Trinajstić information content (AvgIpc) is 2.84. The van der Waals surface area contributed by atoms with E-state index >= 15 is 0 Å². The van der Waals surface area contributed by atoms with E-state index in [1.54, 1.807) is 6.07 Å². The number of nitrogens with one attached hydrogen (secondary N) is 1. The summed E-state index contributed by atoms with van der Waals surface area (Å²) in [4.78, 5) is 10.1. The number of aromatic nitrogens is 2. The summed E-state index contributed by atoms with van der Waals surface area (Å²) < 4.78 is 55.5. The molecule has 9 heteroatoms. The van der Waals surface area contributed by atoms with Gasteiger partial charge in [-0.3, -0.25) is 0 Å². The van der Waals surface area contributed by atoms with Gasteiger partial charge in [0.2, 0.25) is 0 Å². The minimum absolute atomic E-state index is 0.103. The molecule has 0 bridgehead atoms. The van der Waals surface area contributed by atoms with Crippen molar-refractivity contribution in [2.45, 2.75) is 26.4 Å². The van der Waals surface area contributed by atoms with Crippen LogP contribution in [0.3, 0.4) is 0 Å². The van der Waals surface area contributed by atoms with Crippen LogP contribution < -0.4 is 10.1 Å². The number of hydrogen-bond acceptors (Lipinski definition) is 5. The predicted octanol–water partition coefficient (Wildman–Crippen LogP) is 5.29. The number of hydrogen-bond donors (Lipinski definition) is 1. The van der Waals surface area contributed by atoms with E-state index in [-0.39, 0.29) is 5.69 Å². The first-order valence-electron chi connectivity index (χ1n) is 7.21. The number of anilines is 2. The third-order valence-corrected chi connectivity index (χ3v) is 4.72. The van der Waals surface area contributed by atoms with Crippen molar-refractivity contribution in [3.05, 3.63) is 41.0 Å². The lowest BCUT2D eigenvalue weighted by molar-refractivity contribution is -0.252. The number of ether oxygens (including phenoxy) is 1. The highest BCUT2D eigenvalue weighted by atomic mass is 32.1. The SMILES string of the molecule is Cc1sc2ncnc(Nc3ccccc3OC(F)(F)C(F)F)c2c1C. The first-order valence-corrected chi connectivity index (χ1v) is 8.03. The monoisotopic (exact) mass is 371 g/mol. The molecule has 0 saturated heterocycles. The van der Waals surface area contributed by atoms with E-state index in [0.29, 0.717) is 5.82 Å². The second-order valence-corrected chi connectivity index (χ2v) is 6.47. The average molecular weight is 371 g/mol. The normalized spacial score (nSPS) is 12.0. The van der Waals surface area contributed by atoms with Gasteiger partial charge in [-0.2, -0.15) is 17.6 Å². The smallest absolute Gasteiger partial charge is 0.426 e. The lowest BCUT2D eigenvalue weighted by Gasteiger charge is -2.19. The summed E-state index contributed by atoms with van der Waals surface area (Å²) in [7, 11) is 0. The van der Waals surface area contributed by atoms with Gasteiger partial charge in [0.15, 0.2) is 0 Å². The van der Waals surface area contributed by atoms with Crippen molar-refractivity contribution in [1.82, 2.24) is 9.97 Å². The summed E-state index contributed by atoms with van der Waals surface area (Å²) in [6.45, 7) is 3.84. The lowest BCUT2D eigenvalue weighted by Crippen LogP contribution is -2.33. The number of aryl methyl sites for hydroxylation is 2. The molecule has 1 aromatic carbocycles. The molecule has 0 aliphatic rings. The van der Waals surface area contributed by atoms with Crippen molar-refractivity contribution in [2.24, 2.45) is 0 Å². The van der Waals surface area contributed by atoms with Crippen LogP contribution in [0.15, 0.2) is 30.6 Å². The molecule has 0 atom stereocenters. The van der Waals surface area contributed by atoms with E-state index in [2.05, 4.69) is 20.0 Å². The van der Waals surface area contributed by atoms with Gasteiger partial charge in [-0.05, 0) is 31.5 Å². The zero-order valence-electron chi connectivity index (χ0n) is 13.2. The molecule has 0 spiro atoms. The molecule has 1 N–H and O–H groups in total. The summed E-state index contributed by atoms with van der Waals surface area (Å²) >= 11 is 1.48. The quantitative estimate of drug-likeness (QED) is 0.619. The summed E-state index contributed by atoms with van der Waals surface area (Å²) in [5, 5.41) is 3.63. The first-order chi connectivity index (χ1) is 11.8. The van der Waals surface area contributed by atoms with E-state index in [1.807, 2.05) is 13.8 Å². The highest BCUT2D eigenvalue weighted by molar-refractivity contribution is 7.18. The van der Waals surface area contributed by atoms with Crippen molar-refractivity contribution in [3.8, 4) is 5.75 Å². The van der Waals surface area contributed by atoms with E-state index in [9.17, 15) is 17.6 Å². The Morgan fingerprint density at radius 3 is 2.60 bits per heavy atom. The highest BCUT2D eigenvalue weighted by Gasteiger charge is 2.44. The topological polar surface area (TPSA) is 47.0 Å². The summed E-state index contributed by atoms with van der Waals surface area (Å²) in [6.07, 6.45) is -7.18. The second kappa shape index (κ2) is 6.47. The third kappa shape index (κ3) is 3.37. The Balaban J connectivity index is 2.00. The Morgan fingerprint density at radius 2 is 1.88 bits per heavy atom. The Hall–Kier alpha value is -2.42. The van der Waals surface area contributed by atoms with Gasteiger partial charge in [-0.25, -0.2) is 9.97 Å². The Bertz CT molecular complexity index is 914. The van der Waals surface area contributed by atoms with Gasteiger partial charge in [0.1, 0.15) is 22.7 Å². The molecule has 3 rings (SSSR count). The van der Waals surface area contributed by atoms with E-state index in [0.717, 1.165) is 20.7 Å². The van der Waals surface area contributed by atoms with Crippen LogP contribution in [-0.4, -0.2) is 22.5 Å². The molecule has 2 aromatic heterocycles. The number of rotatable bonds is 5. The molecule has 0 saturated carbocycles. The van der Waals surface area contributed by atoms with Crippen LogP contribution in [0.25, 0.3) is 10.2 Å². The van der Waals surface area contributed by atoms with Gasteiger partial charge >= 0.3 is 12.5 Å². The van der Waals surface area contributed by atoms with Gasteiger partial charge in [0.05, 0.1) is 11.1 Å². The maximum Gasteiger partial charge on any atom is 0.461 e. The van der Waals surface area contributed by atoms with Crippen LogP contribution in [0.1, 0.15) is 10.4 Å². The second-order valence-electron chi connectivity index (χ2n) is 5.27. The summed E-state index contributed by atoms with van der Waals surface area (Å²) in [5.74, 6) is -0.00701. The fraction of sp³-hybridized carbons (Fsp3) is 0.250. The number of benzene rings is 1. The Kier molecular flexibility index (Phi) is 4.51. The van der Waals surface area contributed by atoms with Gasteiger partial charge in [-0.1, -0.05) is 12.1 Å². The van der Waals surface area contributed by atoms with Gasteiger partial charge in [0, 0.05) is 4.88 Å². The molecule has 3 aromatic rings. The van der Waals surface area contributed by atoms with E-state index in [1.165, 1.54) is 35.9 Å². The molecule has 0 radical (unpaired) electrons. The van der Waals surface area contributed by atoms with Crippen LogP contribution in [0, 0.1) is 13.8 Å². The van der Waals surface area contributed by atoms with Crippen molar-refractivity contribution >= 4 is 33.1 Å². The number of nitrogens with zero attached hydrogens (tertiary/aromatic N) is 2. The Morgan fingerprint density at radius 1 is 1.16 bits per heavy atom. The number of fused-ring (bicyclic) bond motifs is 1. The number of para-hydroxylation sites is 2. The molecule has 0 unspecified atom stereocenters. The molecule has 4 nitrogen and oxygen atoms in total. The van der Waals surface area contributed by atoms with Crippen molar-refractivity contribution in [2.75, 3.05) is 5.32 Å². The maximum absolute atomic E-state index is 13.2. The third-order valence-electron chi connectivity index (χ3n) is 3.61. The van der Waals surface area contributed by atoms with E-state index in [4.69, 9.17) is 0 Å². The maximum atomic E-state index is 13.2. The van der Waals surface area contributed by atoms with Crippen molar-refractivity contribution in [3.63, 3.8) is 0 Å². The largest absolute Gasteiger partial charge is 0.461 e. The molecule has 132 valence electrons. The van der Waals surface area contributed by atoms with Gasteiger partial charge in [0.25, 0.3) is 0 Å². The fourth-order valence-corrected chi connectivity index (χ4v) is 3.25. The van der Waals surface area contributed by atoms with Crippen LogP contribution in [0.4, 0.5) is 29.1 Å². The zero-order chi connectivity index (χ0) is 18.2. The lowest BCUT2D eigenvalue weighted by atomic mass is 10.2. The Labute approximate surface area is 144 Å². The van der Waals surface area contributed by atoms with Gasteiger partial charge < -0.3 is 10.1 Å². The molecule has 0 aliphatic carbocycles. The first kappa shape index (κ1) is 17.4. The molecule has 0 aliphatic heterocycles. The number of halogens is 4. The van der Waals surface area contributed by atoms with Crippen molar-refractivity contribution < 1.29 is 22.3 Å². The molecular weight excluding hydrogens is 358 g/mol. The van der Waals surface area contributed by atoms with Crippen LogP contribution in [0.5, 0.6) is 5.75 Å². The standard InChI is InChI=1S/C16H13F4N3OS/c1-8-9(2)25-14-12(8)13(21-7-22-14)23-10-5-3-4-6-11(10)24-16(19,20)15(17)18/h3-7,15H,1-2H3,(H,21,22,23). The van der Waals surface area contributed by atoms with Gasteiger partial charge in [-0.15, -0.1) is 11.3 Å². The minimum atomic E-state index is -4.59.